The molecule has 1 aliphatic rings. The minimum atomic E-state index is 0.690. The Morgan fingerprint density at radius 1 is 1.16 bits per heavy atom. The molecule has 0 unspecified atom stereocenters. The molecule has 0 bridgehead atoms. The number of ether oxygens (including phenoxy) is 3. The van der Waals surface area contributed by atoms with Crippen LogP contribution in [0, 0.1) is 5.92 Å². The summed E-state index contributed by atoms with van der Waals surface area (Å²) in [4.78, 5) is 0. The van der Waals surface area contributed by atoms with Crippen LogP contribution in [0.25, 0.3) is 0 Å². The summed E-state index contributed by atoms with van der Waals surface area (Å²) in [6, 6.07) is 7.67. The Hall–Kier alpha value is -1.26. The van der Waals surface area contributed by atoms with Gasteiger partial charge in [0.1, 0.15) is 18.1 Å². The Labute approximate surface area is 115 Å². The molecule has 1 saturated heterocycles. The lowest BCUT2D eigenvalue weighted by atomic mass is 10.0. The van der Waals surface area contributed by atoms with Gasteiger partial charge in [-0.15, -0.1) is 0 Å². The lowest BCUT2D eigenvalue weighted by Crippen LogP contribution is -2.30. The maximum atomic E-state index is 5.65. The first-order valence-corrected chi connectivity index (χ1v) is 6.94. The highest BCUT2D eigenvalue weighted by Gasteiger charge is 2.12. The highest BCUT2D eigenvalue weighted by Crippen LogP contribution is 2.16. The van der Waals surface area contributed by atoms with Crippen LogP contribution in [0.4, 0.5) is 0 Å². The molecular formula is C15H23NO3. The number of rotatable bonds is 7. The number of methoxy groups -OCH3 is 1. The molecule has 0 atom stereocenters. The van der Waals surface area contributed by atoms with E-state index >= 15 is 0 Å². The second-order valence-corrected chi connectivity index (χ2v) is 4.78. The molecule has 1 fully saturated rings. The molecule has 4 nitrogen and oxygen atoms in total. The fraction of sp³-hybridized carbons (Fsp3) is 0.600. The molecule has 0 aliphatic carbocycles. The van der Waals surface area contributed by atoms with E-state index in [-0.39, 0.29) is 0 Å². The summed E-state index contributed by atoms with van der Waals surface area (Å²) >= 11 is 0. The molecule has 2 rings (SSSR count). The van der Waals surface area contributed by atoms with E-state index in [1.54, 1.807) is 7.11 Å². The molecule has 4 heteroatoms. The van der Waals surface area contributed by atoms with Crippen molar-refractivity contribution in [2.75, 3.05) is 40.0 Å². The normalized spacial score (nSPS) is 16.3. The van der Waals surface area contributed by atoms with Gasteiger partial charge in [-0.3, -0.25) is 0 Å². The molecule has 1 aromatic rings. The average molecular weight is 265 g/mol. The maximum absolute atomic E-state index is 5.65. The molecule has 0 aromatic heterocycles. The van der Waals surface area contributed by atoms with E-state index in [1.807, 2.05) is 24.3 Å². The third-order valence-corrected chi connectivity index (χ3v) is 3.38. The summed E-state index contributed by atoms with van der Waals surface area (Å²) in [5.41, 5.74) is 0. The number of hydrogen-bond donors (Lipinski definition) is 1. The molecule has 1 heterocycles. The van der Waals surface area contributed by atoms with Gasteiger partial charge in [-0.1, -0.05) is 0 Å². The van der Waals surface area contributed by atoms with Gasteiger partial charge in [0.25, 0.3) is 0 Å². The van der Waals surface area contributed by atoms with Crippen molar-refractivity contribution >= 4 is 0 Å². The quantitative estimate of drug-likeness (QED) is 0.766. The van der Waals surface area contributed by atoms with Crippen molar-refractivity contribution in [3.63, 3.8) is 0 Å². The van der Waals surface area contributed by atoms with Crippen molar-refractivity contribution in [1.82, 2.24) is 5.32 Å². The van der Waals surface area contributed by atoms with Crippen molar-refractivity contribution in [2.24, 2.45) is 5.92 Å². The standard InChI is InChI=1S/C15H23NO3/c1-17-14-2-4-15(5-3-14)19-11-8-16-12-13-6-9-18-10-7-13/h2-5,13,16H,6-12H2,1H3. The Balaban J connectivity index is 1.55. The highest BCUT2D eigenvalue weighted by molar-refractivity contribution is 5.31. The fourth-order valence-electron chi connectivity index (χ4n) is 2.17. The van der Waals surface area contributed by atoms with E-state index in [1.165, 1.54) is 12.8 Å². The largest absolute Gasteiger partial charge is 0.497 e. The Bertz CT molecular complexity index is 347. The molecule has 1 aliphatic heterocycles. The predicted molar refractivity (Wildman–Crippen MR) is 74.9 cm³/mol. The number of nitrogens with one attached hydrogen (secondary N) is 1. The van der Waals surface area contributed by atoms with E-state index in [2.05, 4.69) is 5.32 Å². The zero-order valence-electron chi connectivity index (χ0n) is 11.6. The second-order valence-electron chi connectivity index (χ2n) is 4.78. The van der Waals surface area contributed by atoms with Crippen LogP contribution in [0.1, 0.15) is 12.8 Å². The van der Waals surface area contributed by atoms with Crippen molar-refractivity contribution in [2.45, 2.75) is 12.8 Å². The van der Waals surface area contributed by atoms with E-state index in [4.69, 9.17) is 14.2 Å². The summed E-state index contributed by atoms with van der Waals surface area (Å²) in [7, 11) is 1.66. The number of benzene rings is 1. The van der Waals surface area contributed by atoms with Gasteiger partial charge < -0.3 is 19.5 Å². The fourth-order valence-corrected chi connectivity index (χ4v) is 2.17. The van der Waals surface area contributed by atoms with Gasteiger partial charge in [0.15, 0.2) is 0 Å². The average Bonchev–Trinajstić information content (AvgIpc) is 2.49. The predicted octanol–water partition coefficient (Wildman–Crippen LogP) is 2.09. The summed E-state index contributed by atoms with van der Waals surface area (Å²) in [6.45, 7) is 4.46. The molecule has 19 heavy (non-hydrogen) atoms. The van der Waals surface area contributed by atoms with Gasteiger partial charge in [0.05, 0.1) is 7.11 Å². The Morgan fingerprint density at radius 3 is 2.53 bits per heavy atom. The smallest absolute Gasteiger partial charge is 0.119 e. The molecular weight excluding hydrogens is 242 g/mol. The van der Waals surface area contributed by atoms with Gasteiger partial charge in [-0.25, -0.2) is 0 Å². The van der Waals surface area contributed by atoms with Gasteiger partial charge in [0.2, 0.25) is 0 Å². The highest BCUT2D eigenvalue weighted by atomic mass is 16.5. The molecule has 0 saturated carbocycles. The van der Waals surface area contributed by atoms with Crippen molar-refractivity contribution < 1.29 is 14.2 Å². The second kappa shape index (κ2) is 8.02. The molecule has 1 aromatic carbocycles. The Kier molecular flexibility index (Phi) is 5.98. The first-order chi connectivity index (χ1) is 9.38. The third kappa shape index (κ3) is 5.09. The van der Waals surface area contributed by atoms with Gasteiger partial charge in [-0.2, -0.15) is 0 Å². The molecule has 0 radical (unpaired) electrons. The minimum absolute atomic E-state index is 0.690. The van der Waals surface area contributed by atoms with Crippen LogP contribution in [0.15, 0.2) is 24.3 Å². The third-order valence-electron chi connectivity index (χ3n) is 3.38. The van der Waals surface area contributed by atoms with Crippen molar-refractivity contribution in [3.05, 3.63) is 24.3 Å². The zero-order chi connectivity index (χ0) is 13.3. The van der Waals surface area contributed by atoms with Crippen molar-refractivity contribution in [3.8, 4) is 11.5 Å². The molecule has 106 valence electrons. The SMILES string of the molecule is COc1ccc(OCCNCC2CCOCC2)cc1. The van der Waals surface area contributed by atoms with Gasteiger partial charge in [-0.05, 0) is 49.6 Å². The van der Waals surface area contributed by atoms with Gasteiger partial charge in [0, 0.05) is 19.8 Å². The summed E-state index contributed by atoms with van der Waals surface area (Å²) < 4.78 is 16.1. The molecule has 1 N–H and O–H groups in total. The minimum Gasteiger partial charge on any atom is -0.497 e. The topological polar surface area (TPSA) is 39.7 Å². The van der Waals surface area contributed by atoms with Gasteiger partial charge >= 0.3 is 0 Å². The van der Waals surface area contributed by atoms with Crippen LogP contribution in [-0.2, 0) is 4.74 Å². The van der Waals surface area contributed by atoms with Crippen LogP contribution < -0.4 is 14.8 Å². The lowest BCUT2D eigenvalue weighted by molar-refractivity contribution is 0.0661. The first-order valence-electron chi connectivity index (χ1n) is 6.94. The Morgan fingerprint density at radius 2 is 1.84 bits per heavy atom. The van der Waals surface area contributed by atoms with Crippen LogP contribution in [0.3, 0.4) is 0 Å². The van der Waals surface area contributed by atoms with Crippen LogP contribution in [0.2, 0.25) is 0 Å². The van der Waals surface area contributed by atoms with Crippen LogP contribution in [0.5, 0.6) is 11.5 Å². The van der Waals surface area contributed by atoms with E-state index in [0.29, 0.717) is 6.61 Å². The molecule has 0 spiro atoms. The monoisotopic (exact) mass is 265 g/mol. The zero-order valence-corrected chi connectivity index (χ0v) is 11.6. The summed E-state index contributed by atoms with van der Waals surface area (Å²) in [5, 5.41) is 3.44. The van der Waals surface area contributed by atoms with Crippen LogP contribution in [-0.4, -0.2) is 40.0 Å². The summed E-state index contributed by atoms with van der Waals surface area (Å²) in [6.07, 6.45) is 2.35. The lowest BCUT2D eigenvalue weighted by Gasteiger charge is -2.22. The number of hydrogen-bond acceptors (Lipinski definition) is 4. The van der Waals surface area contributed by atoms with E-state index in [0.717, 1.165) is 43.7 Å². The van der Waals surface area contributed by atoms with Crippen molar-refractivity contribution in [1.29, 1.82) is 0 Å². The van der Waals surface area contributed by atoms with Crippen LogP contribution >= 0.6 is 0 Å². The first kappa shape index (κ1) is 14.2. The molecule has 0 amide bonds. The van der Waals surface area contributed by atoms with E-state index < -0.39 is 0 Å². The maximum Gasteiger partial charge on any atom is 0.119 e. The van der Waals surface area contributed by atoms with E-state index in [9.17, 15) is 0 Å². The summed E-state index contributed by atoms with van der Waals surface area (Å²) in [5.74, 6) is 2.49.